The van der Waals surface area contributed by atoms with Gasteiger partial charge >= 0.3 is 5.97 Å². The summed E-state index contributed by atoms with van der Waals surface area (Å²) in [5.41, 5.74) is 0. The lowest BCUT2D eigenvalue weighted by atomic mass is 10.0. The highest BCUT2D eigenvalue weighted by Gasteiger charge is 2.30. The van der Waals surface area contributed by atoms with Crippen LogP contribution in [0, 0.1) is 5.92 Å². The maximum atomic E-state index is 12.2. The number of esters is 1. The van der Waals surface area contributed by atoms with Crippen molar-refractivity contribution < 1.29 is 23.9 Å². The van der Waals surface area contributed by atoms with Gasteiger partial charge in [0.05, 0.1) is 6.61 Å². The van der Waals surface area contributed by atoms with Crippen LogP contribution in [-0.2, 0) is 23.9 Å². The molecule has 0 bridgehead atoms. The Morgan fingerprint density at radius 3 is 2.57 bits per heavy atom. The highest BCUT2D eigenvalue weighted by atomic mass is 16.5. The molecular weight excluding hydrogens is 302 g/mol. The number of nitrogens with one attached hydrogen (secondary N) is 3. The topological polar surface area (TPSA) is 114 Å². The molecule has 0 saturated carbocycles. The fraction of sp³-hybridized carbons (Fsp3) is 0.733. The first kappa shape index (κ1) is 18.9. The van der Waals surface area contributed by atoms with E-state index in [9.17, 15) is 19.2 Å². The summed E-state index contributed by atoms with van der Waals surface area (Å²) in [7, 11) is 0. The van der Waals surface area contributed by atoms with E-state index in [1.54, 1.807) is 6.92 Å². The van der Waals surface area contributed by atoms with Crippen LogP contribution in [0.3, 0.4) is 0 Å². The molecule has 1 rings (SSSR count). The lowest BCUT2D eigenvalue weighted by molar-refractivity contribution is -0.143. The average molecular weight is 327 g/mol. The zero-order valence-corrected chi connectivity index (χ0v) is 13.8. The number of hydrogen-bond donors (Lipinski definition) is 3. The predicted molar refractivity (Wildman–Crippen MR) is 82.2 cm³/mol. The van der Waals surface area contributed by atoms with Crippen molar-refractivity contribution in [3.63, 3.8) is 0 Å². The molecule has 1 unspecified atom stereocenters. The SMILES string of the molecule is CCOC(=O)CNC(=O)[C@@H](CC(C)C)NC(=O)C1CCC(=O)N1. The molecule has 2 atom stereocenters. The van der Waals surface area contributed by atoms with Crippen molar-refractivity contribution in [1.29, 1.82) is 0 Å². The lowest BCUT2D eigenvalue weighted by Gasteiger charge is -2.21. The Kier molecular flexibility index (Phi) is 7.50. The standard InChI is InChI=1S/C15H25N3O5/c1-4-23-13(20)8-16-14(21)11(7-9(2)3)18-15(22)10-5-6-12(19)17-10/h9-11H,4-8H2,1-3H3,(H,16,21)(H,17,19)(H,18,22)/t10?,11-/m1/s1. The van der Waals surface area contributed by atoms with Gasteiger partial charge in [-0.2, -0.15) is 0 Å². The first-order valence-electron chi connectivity index (χ1n) is 7.86. The fourth-order valence-corrected chi connectivity index (χ4v) is 2.28. The molecule has 130 valence electrons. The van der Waals surface area contributed by atoms with E-state index in [4.69, 9.17) is 4.74 Å². The highest BCUT2D eigenvalue weighted by Crippen LogP contribution is 2.09. The summed E-state index contributed by atoms with van der Waals surface area (Å²) in [5.74, 6) is -1.35. The Hall–Kier alpha value is -2.12. The van der Waals surface area contributed by atoms with Crippen LogP contribution in [0.1, 0.15) is 40.0 Å². The van der Waals surface area contributed by atoms with Crippen molar-refractivity contribution in [2.75, 3.05) is 13.2 Å². The van der Waals surface area contributed by atoms with Crippen LogP contribution in [0.5, 0.6) is 0 Å². The van der Waals surface area contributed by atoms with E-state index >= 15 is 0 Å². The predicted octanol–water partition coefficient (Wildman–Crippen LogP) is -0.525. The smallest absolute Gasteiger partial charge is 0.325 e. The molecule has 1 fully saturated rings. The number of carbonyl (C=O) groups excluding carboxylic acids is 4. The van der Waals surface area contributed by atoms with Gasteiger partial charge in [0, 0.05) is 6.42 Å². The van der Waals surface area contributed by atoms with Gasteiger partial charge in [0.1, 0.15) is 18.6 Å². The van der Waals surface area contributed by atoms with Crippen LogP contribution in [0.2, 0.25) is 0 Å². The number of amides is 3. The number of rotatable bonds is 8. The number of hydrogen-bond acceptors (Lipinski definition) is 5. The Labute approximate surface area is 135 Å². The summed E-state index contributed by atoms with van der Waals surface area (Å²) >= 11 is 0. The van der Waals surface area contributed by atoms with Crippen LogP contribution >= 0.6 is 0 Å². The van der Waals surface area contributed by atoms with Crippen molar-refractivity contribution in [2.45, 2.75) is 52.1 Å². The monoisotopic (exact) mass is 327 g/mol. The number of ether oxygens (including phenoxy) is 1. The van der Waals surface area contributed by atoms with Crippen molar-refractivity contribution in [2.24, 2.45) is 5.92 Å². The van der Waals surface area contributed by atoms with Crippen LogP contribution < -0.4 is 16.0 Å². The van der Waals surface area contributed by atoms with E-state index in [2.05, 4.69) is 16.0 Å². The van der Waals surface area contributed by atoms with Gasteiger partial charge in [-0.15, -0.1) is 0 Å². The minimum atomic E-state index is -0.755. The third-order valence-electron chi connectivity index (χ3n) is 3.36. The van der Waals surface area contributed by atoms with Crippen molar-refractivity contribution >= 4 is 23.7 Å². The third-order valence-corrected chi connectivity index (χ3v) is 3.36. The normalized spacial score (nSPS) is 18.3. The molecule has 3 amide bonds. The van der Waals surface area contributed by atoms with Gasteiger partial charge in [-0.3, -0.25) is 19.2 Å². The van der Waals surface area contributed by atoms with Gasteiger partial charge in [0.15, 0.2) is 0 Å². The van der Waals surface area contributed by atoms with Gasteiger partial charge < -0.3 is 20.7 Å². The quantitative estimate of drug-likeness (QED) is 0.519. The molecule has 1 aliphatic heterocycles. The Morgan fingerprint density at radius 1 is 1.35 bits per heavy atom. The fourth-order valence-electron chi connectivity index (χ4n) is 2.28. The minimum absolute atomic E-state index is 0.169. The Balaban J connectivity index is 2.57. The molecule has 1 aliphatic rings. The first-order valence-corrected chi connectivity index (χ1v) is 7.86. The molecule has 0 aromatic heterocycles. The summed E-state index contributed by atoms with van der Waals surface area (Å²) < 4.78 is 4.74. The molecule has 8 heteroatoms. The molecule has 1 saturated heterocycles. The minimum Gasteiger partial charge on any atom is -0.465 e. The van der Waals surface area contributed by atoms with E-state index in [-0.39, 0.29) is 30.9 Å². The van der Waals surface area contributed by atoms with Crippen LogP contribution in [0.4, 0.5) is 0 Å². The second-order valence-electron chi connectivity index (χ2n) is 5.87. The van der Waals surface area contributed by atoms with Crippen LogP contribution in [0.25, 0.3) is 0 Å². The first-order chi connectivity index (χ1) is 10.8. The van der Waals surface area contributed by atoms with Gasteiger partial charge in [-0.05, 0) is 25.7 Å². The van der Waals surface area contributed by atoms with Crippen LogP contribution in [0.15, 0.2) is 0 Å². The van der Waals surface area contributed by atoms with Crippen LogP contribution in [-0.4, -0.2) is 48.9 Å². The molecule has 0 aliphatic carbocycles. The van der Waals surface area contributed by atoms with Crippen molar-refractivity contribution in [3.8, 4) is 0 Å². The van der Waals surface area contributed by atoms with Gasteiger partial charge in [0.2, 0.25) is 17.7 Å². The molecule has 0 aromatic rings. The summed E-state index contributed by atoms with van der Waals surface area (Å²) in [5, 5.41) is 7.67. The van der Waals surface area contributed by atoms with E-state index in [0.29, 0.717) is 19.3 Å². The molecule has 23 heavy (non-hydrogen) atoms. The van der Waals surface area contributed by atoms with E-state index in [0.717, 1.165) is 0 Å². The van der Waals surface area contributed by atoms with Gasteiger partial charge in [0.25, 0.3) is 0 Å². The molecule has 0 radical (unpaired) electrons. The van der Waals surface area contributed by atoms with E-state index in [1.165, 1.54) is 0 Å². The average Bonchev–Trinajstić information content (AvgIpc) is 2.90. The zero-order valence-electron chi connectivity index (χ0n) is 13.8. The Morgan fingerprint density at radius 2 is 2.04 bits per heavy atom. The van der Waals surface area contributed by atoms with E-state index < -0.39 is 24.0 Å². The molecule has 0 aromatic carbocycles. The van der Waals surface area contributed by atoms with Crippen molar-refractivity contribution in [3.05, 3.63) is 0 Å². The zero-order chi connectivity index (χ0) is 17.4. The van der Waals surface area contributed by atoms with Gasteiger partial charge in [-0.25, -0.2) is 0 Å². The maximum absolute atomic E-state index is 12.2. The second kappa shape index (κ2) is 9.12. The summed E-state index contributed by atoms with van der Waals surface area (Å²) in [6, 6.07) is -1.36. The molecule has 3 N–H and O–H groups in total. The third kappa shape index (κ3) is 6.66. The lowest BCUT2D eigenvalue weighted by Crippen LogP contribution is -2.52. The maximum Gasteiger partial charge on any atom is 0.325 e. The molecule has 0 spiro atoms. The Bertz CT molecular complexity index is 464. The largest absolute Gasteiger partial charge is 0.465 e. The molecule has 1 heterocycles. The van der Waals surface area contributed by atoms with E-state index in [1.807, 2.05) is 13.8 Å². The van der Waals surface area contributed by atoms with Gasteiger partial charge in [-0.1, -0.05) is 13.8 Å². The summed E-state index contributed by atoms with van der Waals surface area (Å²) in [6.45, 7) is 5.53. The summed E-state index contributed by atoms with van der Waals surface area (Å²) in [6.07, 6.45) is 1.16. The second-order valence-corrected chi connectivity index (χ2v) is 5.87. The highest BCUT2D eigenvalue weighted by molar-refractivity contribution is 5.94. The number of carbonyl (C=O) groups is 4. The van der Waals surface area contributed by atoms with Crippen molar-refractivity contribution in [1.82, 2.24) is 16.0 Å². The molecular formula is C15H25N3O5. The molecule has 8 nitrogen and oxygen atoms in total. The summed E-state index contributed by atoms with van der Waals surface area (Å²) in [4.78, 5) is 46.8.